The van der Waals surface area contributed by atoms with Gasteiger partial charge in [-0.2, -0.15) is 5.10 Å². The summed E-state index contributed by atoms with van der Waals surface area (Å²) in [7, 11) is 0. The van der Waals surface area contributed by atoms with E-state index in [1.807, 2.05) is 42.1 Å². The smallest absolute Gasteiger partial charge is 0.258 e. The molecule has 1 aromatic carbocycles. The van der Waals surface area contributed by atoms with Crippen LogP contribution in [0.25, 0.3) is 0 Å². The number of nitrogens with zero attached hydrogens (tertiary/aromatic N) is 4. The number of benzene rings is 1. The summed E-state index contributed by atoms with van der Waals surface area (Å²) in [5.41, 5.74) is 4.02. The molecule has 144 valence electrons. The molecule has 1 aliphatic rings. The first-order chi connectivity index (χ1) is 13.7. The minimum Gasteiger partial charge on any atom is -0.371 e. The number of carbonyl (C=O) groups is 1. The van der Waals surface area contributed by atoms with Crippen LogP contribution in [0.2, 0.25) is 0 Å². The molecule has 1 saturated heterocycles. The van der Waals surface area contributed by atoms with Crippen molar-refractivity contribution < 1.29 is 4.79 Å². The molecule has 0 unspecified atom stereocenters. The van der Waals surface area contributed by atoms with E-state index in [0.717, 1.165) is 37.3 Å². The van der Waals surface area contributed by atoms with Crippen molar-refractivity contribution in [3.8, 4) is 0 Å². The Balaban J connectivity index is 1.44. The Morgan fingerprint density at radius 1 is 1.11 bits per heavy atom. The largest absolute Gasteiger partial charge is 0.371 e. The molecule has 3 aromatic rings. The van der Waals surface area contributed by atoms with Crippen molar-refractivity contribution in [2.24, 2.45) is 0 Å². The average molecular weight is 375 g/mol. The maximum Gasteiger partial charge on any atom is 0.258 e. The maximum atomic E-state index is 12.9. The molecule has 0 aliphatic carbocycles. The van der Waals surface area contributed by atoms with Crippen LogP contribution >= 0.6 is 0 Å². The van der Waals surface area contributed by atoms with Crippen LogP contribution in [-0.4, -0.2) is 33.8 Å². The number of anilines is 2. The van der Waals surface area contributed by atoms with Crippen molar-refractivity contribution in [1.82, 2.24) is 14.8 Å². The molecule has 1 N–H and O–H groups in total. The number of hydrogen-bond donors (Lipinski definition) is 1. The minimum absolute atomic E-state index is 0.106. The lowest BCUT2D eigenvalue weighted by molar-refractivity contribution is 0.102. The van der Waals surface area contributed by atoms with Crippen molar-refractivity contribution in [2.75, 3.05) is 23.3 Å². The fraction of sp³-hybridized carbons (Fsp3) is 0.318. The van der Waals surface area contributed by atoms with Gasteiger partial charge in [-0.25, -0.2) is 0 Å². The van der Waals surface area contributed by atoms with Gasteiger partial charge in [0.2, 0.25) is 0 Å². The zero-order chi connectivity index (χ0) is 19.3. The SMILES string of the molecule is Cc1ccc(N2CCCC2)c(C(=O)Nc2ccn(CCc3ccncc3)n2)c1. The Hall–Kier alpha value is -3.15. The Labute approximate surface area is 165 Å². The van der Waals surface area contributed by atoms with Crippen LogP contribution in [0.1, 0.15) is 34.3 Å². The van der Waals surface area contributed by atoms with Gasteiger partial charge in [-0.15, -0.1) is 0 Å². The number of carbonyl (C=O) groups excluding carboxylic acids is 1. The number of pyridine rings is 1. The zero-order valence-corrected chi connectivity index (χ0v) is 16.1. The lowest BCUT2D eigenvalue weighted by atomic mass is 10.1. The minimum atomic E-state index is -0.106. The monoisotopic (exact) mass is 375 g/mol. The van der Waals surface area contributed by atoms with E-state index in [4.69, 9.17) is 0 Å². The van der Waals surface area contributed by atoms with Crippen molar-refractivity contribution in [3.63, 3.8) is 0 Å². The third kappa shape index (κ3) is 4.22. The molecule has 1 fully saturated rings. The van der Waals surface area contributed by atoms with E-state index in [9.17, 15) is 4.79 Å². The highest BCUT2D eigenvalue weighted by Crippen LogP contribution is 2.26. The summed E-state index contributed by atoms with van der Waals surface area (Å²) < 4.78 is 1.85. The Morgan fingerprint density at radius 3 is 2.68 bits per heavy atom. The second-order valence-corrected chi connectivity index (χ2v) is 7.24. The van der Waals surface area contributed by atoms with E-state index >= 15 is 0 Å². The molecule has 0 atom stereocenters. The van der Waals surface area contributed by atoms with Crippen molar-refractivity contribution >= 4 is 17.4 Å². The second-order valence-electron chi connectivity index (χ2n) is 7.24. The molecule has 6 heteroatoms. The predicted molar refractivity (Wildman–Crippen MR) is 111 cm³/mol. The van der Waals surface area contributed by atoms with Crippen LogP contribution in [0.4, 0.5) is 11.5 Å². The van der Waals surface area contributed by atoms with Crippen molar-refractivity contribution in [3.05, 3.63) is 71.7 Å². The van der Waals surface area contributed by atoms with E-state index < -0.39 is 0 Å². The van der Waals surface area contributed by atoms with Gasteiger partial charge in [0, 0.05) is 50.0 Å². The van der Waals surface area contributed by atoms with Gasteiger partial charge in [-0.3, -0.25) is 14.5 Å². The van der Waals surface area contributed by atoms with Gasteiger partial charge in [-0.1, -0.05) is 11.6 Å². The van der Waals surface area contributed by atoms with Crippen LogP contribution in [0.3, 0.4) is 0 Å². The van der Waals surface area contributed by atoms with Gasteiger partial charge in [0.05, 0.1) is 5.56 Å². The van der Waals surface area contributed by atoms with Gasteiger partial charge >= 0.3 is 0 Å². The molecular formula is C22H25N5O. The lowest BCUT2D eigenvalue weighted by Crippen LogP contribution is -2.23. The van der Waals surface area contributed by atoms with Gasteiger partial charge < -0.3 is 10.2 Å². The first-order valence-electron chi connectivity index (χ1n) is 9.78. The molecule has 6 nitrogen and oxygen atoms in total. The van der Waals surface area contributed by atoms with Crippen LogP contribution < -0.4 is 10.2 Å². The lowest BCUT2D eigenvalue weighted by Gasteiger charge is -2.21. The standard InChI is InChI=1S/C22H25N5O/c1-17-4-5-20(26-12-2-3-13-26)19(16-17)22(28)24-21-9-15-27(25-21)14-8-18-6-10-23-11-7-18/h4-7,9-11,15-16H,2-3,8,12-14H2,1H3,(H,24,25,28). The number of nitrogens with one attached hydrogen (secondary N) is 1. The maximum absolute atomic E-state index is 12.9. The molecule has 1 amide bonds. The van der Waals surface area contributed by atoms with Crippen molar-refractivity contribution in [2.45, 2.75) is 32.7 Å². The highest BCUT2D eigenvalue weighted by Gasteiger charge is 2.20. The molecule has 0 spiro atoms. The fourth-order valence-corrected chi connectivity index (χ4v) is 3.60. The summed E-state index contributed by atoms with van der Waals surface area (Å²) in [5, 5.41) is 7.46. The van der Waals surface area contributed by atoms with Crippen molar-refractivity contribution in [1.29, 1.82) is 0 Å². The quantitative estimate of drug-likeness (QED) is 0.714. The molecule has 28 heavy (non-hydrogen) atoms. The number of hydrogen-bond acceptors (Lipinski definition) is 4. The molecule has 0 radical (unpaired) electrons. The summed E-state index contributed by atoms with van der Waals surface area (Å²) in [4.78, 5) is 19.3. The Morgan fingerprint density at radius 2 is 1.89 bits per heavy atom. The first kappa shape index (κ1) is 18.2. The van der Waals surface area contributed by atoms with Crippen LogP contribution in [0.15, 0.2) is 55.0 Å². The molecular weight excluding hydrogens is 350 g/mol. The molecule has 0 bridgehead atoms. The van der Waals surface area contributed by atoms with Gasteiger partial charge in [0.15, 0.2) is 5.82 Å². The molecule has 3 heterocycles. The number of rotatable bonds is 6. The van der Waals surface area contributed by atoms with Crippen LogP contribution in [-0.2, 0) is 13.0 Å². The summed E-state index contributed by atoms with van der Waals surface area (Å²) in [5.74, 6) is 0.471. The molecule has 0 saturated carbocycles. The van der Waals surface area contributed by atoms with E-state index in [0.29, 0.717) is 11.4 Å². The van der Waals surface area contributed by atoms with Gasteiger partial charge in [-0.05, 0) is 56.0 Å². The molecule has 4 rings (SSSR count). The number of aryl methyl sites for hydroxylation is 3. The highest BCUT2D eigenvalue weighted by molar-refractivity contribution is 6.07. The van der Waals surface area contributed by atoms with Crippen LogP contribution in [0.5, 0.6) is 0 Å². The van der Waals surface area contributed by atoms with Gasteiger partial charge in [0.1, 0.15) is 0 Å². The summed E-state index contributed by atoms with van der Waals surface area (Å²) in [6, 6.07) is 11.9. The summed E-state index contributed by atoms with van der Waals surface area (Å²) in [6.45, 7) is 4.78. The van der Waals surface area contributed by atoms with E-state index in [1.54, 1.807) is 12.4 Å². The third-order valence-corrected chi connectivity index (χ3v) is 5.10. The summed E-state index contributed by atoms with van der Waals surface area (Å²) >= 11 is 0. The Bertz CT molecular complexity index is 945. The topological polar surface area (TPSA) is 63.1 Å². The zero-order valence-electron chi connectivity index (χ0n) is 16.1. The van der Waals surface area contributed by atoms with Gasteiger partial charge in [0.25, 0.3) is 5.91 Å². The highest BCUT2D eigenvalue weighted by atomic mass is 16.1. The predicted octanol–water partition coefficient (Wildman–Crippen LogP) is 3.68. The number of aromatic nitrogens is 3. The fourth-order valence-electron chi connectivity index (χ4n) is 3.60. The average Bonchev–Trinajstić information content (AvgIpc) is 3.39. The van der Waals surface area contributed by atoms with E-state index in [-0.39, 0.29) is 5.91 Å². The number of amides is 1. The summed E-state index contributed by atoms with van der Waals surface area (Å²) in [6.07, 6.45) is 8.71. The molecule has 1 aliphatic heterocycles. The van der Waals surface area contributed by atoms with E-state index in [1.165, 1.54) is 18.4 Å². The van der Waals surface area contributed by atoms with Crippen LogP contribution in [0, 0.1) is 6.92 Å². The normalized spacial score (nSPS) is 13.7. The Kier molecular flexibility index (Phi) is 5.37. The molecule has 2 aromatic heterocycles. The second kappa shape index (κ2) is 8.25. The first-order valence-corrected chi connectivity index (χ1v) is 9.78. The third-order valence-electron chi connectivity index (χ3n) is 5.10. The van der Waals surface area contributed by atoms with E-state index in [2.05, 4.69) is 32.4 Å².